The molecular weight excluding hydrogens is 238 g/mol. The minimum Gasteiger partial charge on any atom is -0.380 e. The SMILES string of the molecule is CCC(C)(O)C(=O)NCCOCC1CC1SC. The summed E-state index contributed by atoms with van der Waals surface area (Å²) in [6.07, 6.45) is 3.78. The van der Waals surface area contributed by atoms with Crippen LogP contribution in [0.25, 0.3) is 0 Å². The largest absolute Gasteiger partial charge is 0.380 e. The molecule has 0 spiro atoms. The van der Waals surface area contributed by atoms with Gasteiger partial charge in [0.05, 0.1) is 13.2 Å². The van der Waals surface area contributed by atoms with Crippen LogP contribution in [-0.4, -0.2) is 47.9 Å². The molecule has 0 aromatic rings. The Labute approximate surface area is 107 Å². The van der Waals surface area contributed by atoms with Gasteiger partial charge in [0.2, 0.25) is 0 Å². The number of thioether (sulfide) groups is 1. The molecule has 0 bridgehead atoms. The van der Waals surface area contributed by atoms with Crippen molar-refractivity contribution < 1.29 is 14.6 Å². The van der Waals surface area contributed by atoms with E-state index in [0.717, 1.165) is 11.9 Å². The lowest BCUT2D eigenvalue weighted by Crippen LogP contribution is -2.45. The van der Waals surface area contributed by atoms with Gasteiger partial charge in [-0.15, -0.1) is 0 Å². The number of nitrogens with one attached hydrogen (secondary N) is 1. The Morgan fingerprint density at radius 1 is 1.65 bits per heavy atom. The van der Waals surface area contributed by atoms with Crippen LogP contribution in [0.4, 0.5) is 0 Å². The molecule has 1 rings (SSSR count). The highest BCUT2D eigenvalue weighted by molar-refractivity contribution is 7.99. The molecular formula is C12H23NO3S. The zero-order valence-electron chi connectivity index (χ0n) is 10.9. The summed E-state index contributed by atoms with van der Waals surface area (Å²) in [5.41, 5.74) is -1.26. The molecule has 2 N–H and O–H groups in total. The van der Waals surface area contributed by atoms with Crippen molar-refractivity contribution in [3.8, 4) is 0 Å². The number of hydrogen-bond acceptors (Lipinski definition) is 4. The second-order valence-electron chi connectivity index (χ2n) is 4.73. The third kappa shape index (κ3) is 4.85. The van der Waals surface area contributed by atoms with E-state index in [1.165, 1.54) is 13.3 Å². The third-order valence-corrected chi connectivity index (χ3v) is 4.38. The molecule has 0 saturated heterocycles. The van der Waals surface area contributed by atoms with E-state index in [-0.39, 0.29) is 5.91 Å². The normalized spacial score (nSPS) is 26.4. The second-order valence-corrected chi connectivity index (χ2v) is 5.81. The van der Waals surface area contributed by atoms with E-state index in [4.69, 9.17) is 4.74 Å². The fourth-order valence-electron chi connectivity index (χ4n) is 1.51. The second kappa shape index (κ2) is 6.61. The minimum absolute atomic E-state index is 0.322. The molecule has 1 fully saturated rings. The van der Waals surface area contributed by atoms with Gasteiger partial charge in [-0.2, -0.15) is 11.8 Å². The summed E-state index contributed by atoms with van der Waals surface area (Å²) in [6.45, 7) is 5.07. The Balaban J connectivity index is 1.99. The number of carbonyl (C=O) groups is 1. The molecule has 17 heavy (non-hydrogen) atoms. The van der Waals surface area contributed by atoms with Gasteiger partial charge in [0, 0.05) is 11.8 Å². The standard InChI is InChI=1S/C12H23NO3S/c1-4-12(2,15)11(14)13-5-6-16-8-9-7-10(9)17-3/h9-10,15H,4-8H2,1-3H3,(H,13,14). The predicted octanol–water partition coefficient (Wildman–Crippen LogP) is 1.03. The maximum atomic E-state index is 11.5. The lowest BCUT2D eigenvalue weighted by molar-refractivity contribution is -0.138. The van der Waals surface area contributed by atoms with Crippen molar-refractivity contribution in [2.75, 3.05) is 26.0 Å². The van der Waals surface area contributed by atoms with Gasteiger partial charge in [0.25, 0.3) is 5.91 Å². The molecule has 1 aliphatic rings. The lowest BCUT2D eigenvalue weighted by Gasteiger charge is -2.20. The molecule has 1 aliphatic carbocycles. The molecule has 0 heterocycles. The van der Waals surface area contributed by atoms with E-state index < -0.39 is 5.60 Å². The zero-order valence-corrected chi connectivity index (χ0v) is 11.7. The van der Waals surface area contributed by atoms with Gasteiger partial charge in [0.15, 0.2) is 0 Å². The molecule has 0 aliphatic heterocycles. The number of ether oxygens (including phenoxy) is 1. The van der Waals surface area contributed by atoms with Crippen LogP contribution in [-0.2, 0) is 9.53 Å². The van der Waals surface area contributed by atoms with Crippen LogP contribution in [0, 0.1) is 5.92 Å². The van der Waals surface area contributed by atoms with Crippen LogP contribution in [0.5, 0.6) is 0 Å². The number of rotatable bonds is 8. The van der Waals surface area contributed by atoms with Crippen LogP contribution in [0.2, 0.25) is 0 Å². The average molecular weight is 261 g/mol. The Kier molecular flexibility index (Phi) is 5.76. The molecule has 1 amide bonds. The van der Waals surface area contributed by atoms with E-state index in [0.29, 0.717) is 25.5 Å². The quantitative estimate of drug-likeness (QED) is 0.641. The summed E-state index contributed by atoms with van der Waals surface area (Å²) in [4.78, 5) is 11.5. The minimum atomic E-state index is -1.26. The Morgan fingerprint density at radius 3 is 2.88 bits per heavy atom. The van der Waals surface area contributed by atoms with Gasteiger partial charge < -0.3 is 15.2 Å². The Hall–Kier alpha value is -0.260. The van der Waals surface area contributed by atoms with E-state index in [1.54, 1.807) is 6.92 Å². The van der Waals surface area contributed by atoms with E-state index in [1.807, 2.05) is 11.8 Å². The van der Waals surface area contributed by atoms with Crippen molar-refractivity contribution in [2.24, 2.45) is 5.92 Å². The van der Waals surface area contributed by atoms with Crippen molar-refractivity contribution in [1.29, 1.82) is 0 Å². The Bertz CT molecular complexity index is 258. The third-order valence-electron chi connectivity index (χ3n) is 3.20. The summed E-state index contributed by atoms with van der Waals surface area (Å²) < 4.78 is 5.48. The highest BCUT2D eigenvalue weighted by Crippen LogP contribution is 2.40. The van der Waals surface area contributed by atoms with E-state index >= 15 is 0 Å². The molecule has 4 nitrogen and oxygen atoms in total. The van der Waals surface area contributed by atoms with E-state index in [9.17, 15) is 9.90 Å². The van der Waals surface area contributed by atoms with Crippen molar-refractivity contribution in [1.82, 2.24) is 5.32 Å². The molecule has 0 aromatic heterocycles. The number of aliphatic hydroxyl groups is 1. The van der Waals surface area contributed by atoms with Crippen LogP contribution in [0.1, 0.15) is 26.7 Å². The van der Waals surface area contributed by atoms with Crippen molar-refractivity contribution in [3.05, 3.63) is 0 Å². The molecule has 0 radical (unpaired) electrons. The first-order valence-corrected chi connectivity index (χ1v) is 7.41. The molecule has 3 atom stereocenters. The molecule has 5 heteroatoms. The summed E-state index contributed by atoms with van der Waals surface area (Å²) in [7, 11) is 0. The van der Waals surface area contributed by atoms with Crippen LogP contribution < -0.4 is 5.32 Å². The summed E-state index contributed by atoms with van der Waals surface area (Å²) >= 11 is 1.89. The first kappa shape index (κ1) is 14.8. The van der Waals surface area contributed by atoms with Crippen LogP contribution in [0.3, 0.4) is 0 Å². The lowest BCUT2D eigenvalue weighted by atomic mass is 10.0. The maximum absolute atomic E-state index is 11.5. The molecule has 1 saturated carbocycles. The highest BCUT2D eigenvalue weighted by atomic mass is 32.2. The first-order chi connectivity index (χ1) is 8.01. The summed E-state index contributed by atoms with van der Waals surface area (Å²) in [5.74, 6) is 0.372. The zero-order chi connectivity index (χ0) is 12.9. The number of carbonyl (C=O) groups excluding carboxylic acids is 1. The fourth-order valence-corrected chi connectivity index (χ4v) is 2.41. The average Bonchev–Trinajstić information content (AvgIpc) is 3.07. The van der Waals surface area contributed by atoms with Gasteiger partial charge >= 0.3 is 0 Å². The monoisotopic (exact) mass is 261 g/mol. The predicted molar refractivity (Wildman–Crippen MR) is 70.2 cm³/mol. The highest BCUT2D eigenvalue weighted by Gasteiger charge is 2.36. The molecule has 100 valence electrons. The summed E-state index contributed by atoms with van der Waals surface area (Å²) in [6, 6.07) is 0. The van der Waals surface area contributed by atoms with Crippen molar-refractivity contribution in [2.45, 2.75) is 37.5 Å². The van der Waals surface area contributed by atoms with Gasteiger partial charge in [-0.05, 0) is 31.9 Å². The number of amides is 1. The van der Waals surface area contributed by atoms with Crippen LogP contribution in [0.15, 0.2) is 0 Å². The topological polar surface area (TPSA) is 58.6 Å². The smallest absolute Gasteiger partial charge is 0.251 e. The van der Waals surface area contributed by atoms with Gasteiger partial charge in [0.1, 0.15) is 5.60 Å². The van der Waals surface area contributed by atoms with Gasteiger partial charge in [-0.1, -0.05) is 6.92 Å². The van der Waals surface area contributed by atoms with Crippen LogP contribution >= 0.6 is 11.8 Å². The Morgan fingerprint density at radius 2 is 2.35 bits per heavy atom. The van der Waals surface area contributed by atoms with Crippen molar-refractivity contribution >= 4 is 17.7 Å². The number of hydrogen-bond donors (Lipinski definition) is 2. The fraction of sp³-hybridized carbons (Fsp3) is 0.917. The van der Waals surface area contributed by atoms with Gasteiger partial charge in [-0.3, -0.25) is 4.79 Å². The summed E-state index contributed by atoms with van der Waals surface area (Å²) in [5, 5.41) is 13.1. The molecule has 3 unspecified atom stereocenters. The van der Waals surface area contributed by atoms with E-state index in [2.05, 4.69) is 11.6 Å². The van der Waals surface area contributed by atoms with Crippen molar-refractivity contribution in [3.63, 3.8) is 0 Å². The molecule has 0 aromatic carbocycles. The maximum Gasteiger partial charge on any atom is 0.251 e. The first-order valence-electron chi connectivity index (χ1n) is 6.12. The van der Waals surface area contributed by atoms with Gasteiger partial charge in [-0.25, -0.2) is 0 Å².